The Hall–Kier alpha value is -2.56. The van der Waals surface area contributed by atoms with Gasteiger partial charge in [-0.3, -0.25) is 4.98 Å². The molecule has 0 saturated heterocycles. The van der Waals surface area contributed by atoms with E-state index in [1.807, 2.05) is 36.5 Å². The Morgan fingerprint density at radius 2 is 1.79 bits per heavy atom. The maximum atomic E-state index is 13.3. The molecule has 6 heteroatoms. The molecule has 0 fully saturated rings. The first-order valence-electron chi connectivity index (χ1n) is 9.22. The SMILES string of the molecule is Cc1[nH]c2c(C(Cc3ccccc3Cl)Nc3ccc(F)cc3)nccc2c1C.Cl. The Bertz CT molecular complexity index is 1120. The molecule has 0 radical (unpaired) electrons. The van der Waals surface area contributed by atoms with Crippen molar-refractivity contribution in [3.63, 3.8) is 0 Å². The molecule has 1 atom stereocenters. The van der Waals surface area contributed by atoms with Gasteiger partial charge in [-0.2, -0.15) is 0 Å². The van der Waals surface area contributed by atoms with Crippen LogP contribution >= 0.6 is 24.0 Å². The molecule has 2 aromatic heterocycles. The van der Waals surface area contributed by atoms with Gasteiger partial charge in [0.2, 0.25) is 0 Å². The zero-order valence-corrected chi connectivity index (χ0v) is 17.7. The van der Waals surface area contributed by atoms with E-state index in [0.717, 1.165) is 38.6 Å². The average molecular weight is 430 g/mol. The lowest BCUT2D eigenvalue weighted by Crippen LogP contribution is -2.16. The van der Waals surface area contributed by atoms with Crippen LogP contribution < -0.4 is 5.32 Å². The number of aromatic amines is 1. The number of pyridine rings is 1. The van der Waals surface area contributed by atoms with Crippen molar-refractivity contribution >= 4 is 40.6 Å². The predicted octanol–water partition coefficient (Wildman–Crippen LogP) is 6.79. The normalized spacial score (nSPS) is 11.9. The van der Waals surface area contributed by atoms with Crippen LogP contribution in [0.25, 0.3) is 10.9 Å². The van der Waals surface area contributed by atoms with Crippen molar-refractivity contribution in [2.45, 2.75) is 26.3 Å². The number of aromatic nitrogens is 2. The molecule has 2 heterocycles. The highest BCUT2D eigenvalue weighted by atomic mass is 35.5. The van der Waals surface area contributed by atoms with E-state index >= 15 is 0 Å². The number of aryl methyl sites for hydroxylation is 2. The van der Waals surface area contributed by atoms with Crippen LogP contribution in [0.1, 0.15) is 28.6 Å². The standard InChI is InChI=1S/C23H21ClFN3.ClH/c1-14-15(2)27-22-19(14)11-12-26-23(22)21(13-16-5-3-4-6-20(16)24)28-18-9-7-17(25)8-10-18;/h3-12,21,27-28H,13H2,1-2H3;1H. The highest BCUT2D eigenvalue weighted by molar-refractivity contribution is 6.31. The number of nitrogens with one attached hydrogen (secondary N) is 2. The third-order valence-corrected chi connectivity index (χ3v) is 5.53. The van der Waals surface area contributed by atoms with Crippen LogP contribution in [0.4, 0.5) is 10.1 Å². The largest absolute Gasteiger partial charge is 0.376 e. The monoisotopic (exact) mass is 429 g/mol. The van der Waals surface area contributed by atoms with Gasteiger partial charge in [0.05, 0.1) is 17.3 Å². The van der Waals surface area contributed by atoms with Crippen LogP contribution in [0, 0.1) is 19.7 Å². The summed E-state index contributed by atoms with van der Waals surface area (Å²) in [5.41, 5.74) is 6.14. The van der Waals surface area contributed by atoms with Gasteiger partial charge in [-0.1, -0.05) is 29.8 Å². The van der Waals surface area contributed by atoms with E-state index in [-0.39, 0.29) is 24.3 Å². The smallest absolute Gasteiger partial charge is 0.123 e. The fraction of sp³-hybridized carbons (Fsp3) is 0.174. The van der Waals surface area contributed by atoms with E-state index in [4.69, 9.17) is 16.6 Å². The molecule has 2 aromatic carbocycles. The topological polar surface area (TPSA) is 40.7 Å². The van der Waals surface area contributed by atoms with Crippen molar-refractivity contribution in [3.8, 4) is 0 Å². The van der Waals surface area contributed by atoms with Gasteiger partial charge in [0.15, 0.2) is 0 Å². The second-order valence-corrected chi connectivity index (χ2v) is 7.40. The zero-order valence-electron chi connectivity index (χ0n) is 16.2. The minimum Gasteiger partial charge on any atom is -0.376 e. The Morgan fingerprint density at radius 3 is 2.52 bits per heavy atom. The first-order chi connectivity index (χ1) is 13.5. The summed E-state index contributed by atoms with van der Waals surface area (Å²) < 4.78 is 13.3. The summed E-state index contributed by atoms with van der Waals surface area (Å²) in [7, 11) is 0. The fourth-order valence-corrected chi connectivity index (χ4v) is 3.73. The maximum absolute atomic E-state index is 13.3. The molecule has 0 bridgehead atoms. The minimum atomic E-state index is -0.260. The Labute approximate surface area is 180 Å². The molecule has 0 aliphatic heterocycles. The zero-order chi connectivity index (χ0) is 19.7. The third-order valence-electron chi connectivity index (χ3n) is 5.16. The van der Waals surface area contributed by atoms with Crippen LogP contribution in [0.5, 0.6) is 0 Å². The average Bonchev–Trinajstić information content (AvgIpc) is 2.99. The van der Waals surface area contributed by atoms with Crippen molar-refractivity contribution in [2.24, 2.45) is 0 Å². The van der Waals surface area contributed by atoms with E-state index in [9.17, 15) is 4.39 Å². The van der Waals surface area contributed by atoms with Crippen LogP contribution in [0.2, 0.25) is 5.02 Å². The molecule has 3 nitrogen and oxygen atoms in total. The number of H-pyrrole nitrogens is 1. The highest BCUT2D eigenvalue weighted by Crippen LogP contribution is 2.31. The Kier molecular flexibility index (Phi) is 6.46. The highest BCUT2D eigenvalue weighted by Gasteiger charge is 2.20. The van der Waals surface area contributed by atoms with E-state index in [1.165, 1.54) is 17.7 Å². The quantitative estimate of drug-likeness (QED) is 0.366. The second-order valence-electron chi connectivity index (χ2n) is 6.99. The van der Waals surface area contributed by atoms with Crippen molar-refractivity contribution in [1.82, 2.24) is 9.97 Å². The molecule has 0 amide bonds. The van der Waals surface area contributed by atoms with Gasteiger partial charge in [-0.25, -0.2) is 4.39 Å². The second kappa shape index (κ2) is 8.85. The maximum Gasteiger partial charge on any atom is 0.123 e. The van der Waals surface area contributed by atoms with Gasteiger partial charge in [-0.05, 0) is 67.8 Å². The van der Waals surface area contributed by atoms with Gasteiger partial charge in [0.25, 0.3) is 0 Å². The van der Waals surface area contributed by atoms with E-state index < -0.39 is 0 Å². The summed E-state index contributed by atoms with van der Waals surface area (Å²) in [5, 5.41) is 5.39. The van der Waals surface area contributed by atoms with Crippen molar-refractivity contribution in [3.05, 3.63) is 94.1 Å². The first kappa shape index (κ1) is 21.2. The third kappa shape index (κ3) is 4.39. The summed E-state index contributed by atoms with van der Waals surface area (Å²) in [4.78, 5) is 8.17. The molecule has 1 unspecified atom stereocenters. The number of halogens is 3. The van der Waals surface area contributed by atoms with Crippen molar-refractivity contribution in [1.29, 1.82) is 0 Å². The first-order valence-corrected chi connectivity index (χ1v) is 9.60. The molecule has 0 aliphatic rings. The number of fused-ring (bicyclic) bond motifs is 1. The summed E-state index contributed by atoms with van der Waals surface area (Å²) in [6.07, 6.45) is 2.49. The van der Waals surface area contributed by atoms with Crippen LogP contribution in [0.3, 0.4) is 0 Å². The van der Waals surface area contributed by atoms with Gasteiger partial charge in [0, 0.05) is 28.0 Å². The van der Waals surface area contributed by atoms with Crippen LogP contribution in [0.15, 0.2) is 60.8 Å². The summed E-state index contributed by atoms with van der Waals surface area (Å²) in [5.74, 6) is -0.260. The summed E-state index contributed by atoms with van der Waals surface area (Å²) in [6.45, 7) is 4.17. The number of benzene rings is 2. The van der Waals surface area contributed by atoms with Gasteiger partial charge < -0.3 is 10.3 Å². The fourth-order valence-electron chi connectivity index (χ4n) is 3.52. The van der Waals surface area contributed by atoms with Gasteiger partial charge in [0.1, 0.15) is 5.82 Å². The molecule has 0 aliphatic carbocycles. The van der Waals surface area contributed by atoms with E-state index in [2.05, 4.69) is 24.1 Å². The van der Waals surface area contributed by atoms with Crippen LogP contribution in [-0.4, -0.2) is 9.97 Å². The number of hydrogen-bond acceptors (Lipinski definition) is 2. The summed E-state index contributed by atoms with van der Waals surface area (Å²) >= 11 is 6.42. The van der Waals surface area contributed by atoms with Gasteiger partial charge >= 0.3 is 0 Å². The van der Waals surface area contributed by atoms with Crippen LogP contribution in [-0.2, 0) is 6.42 Å². The number of rotatable bonds is 5. The Morgan fingerprint density at radius 1 is 1.07 bits per heavy atom. The van der Waals surface area contributed by atoms with Crippen molar-refractivity contribution in [2.75, 3.05) is 5.32 Å². The number of nitrogens with zero attached hydrogens (tertiary/aromatic N) is 1. The molecule has 4 rings (SSSR count). The molecule has 0 saturated carbocycles. The van der Waals surface area contributed by atoms with Crippen molar-refractivity contribution < 1.29 is 4.39 Å². The molecule has 29 heavy (non-hydrogen) atoms. The lowest BCUT2D eigenvalue weighted by molar-refractivity contribution is 0.627. The number of hydrogen-bond donors (Lipinski definition) is 2. The summed E-state index contributed by atoms with van der Waals surface area (Å²) in [6, 6.07) is 16.1. The number of anilines is 1. The predicted molar refractivity (Wildman–Crippen MR) is 121 cm³/mol. The molecule has 150 valence electrons. The lowest BCUT2D eigenvalue weighted by Gasteiger charge is -2.21. The van der Waals surface area contributed by atoms with E-state index in [0.29, 0.717) is 6.42 Å². The molecular formula is C23H22Cl2FN3. The lowest BCUT2D eigenvalue weighted by atomic mass is 10.0. The molecule has 0 spiro atoms. The molecule has 4 aromatic rings. The molecular weight excluding hydrogens is 408 g/mol. The Balaban J connectivity index is 0.00000240. The minimum absolute atomic E-state index is 0. The molecule has 2 N–H and O–H groups in total. The van der Waals surface area contributed by atoms with E-state index in [1.54, 1.807) is 12.1 Å². The van der Waals surface area contributed by atoms with Gasteiger partial charge in [-0.15, -0.1) is 12.4 Å².